The average Bonchev–Trinajstić information content (AvgIpc) is 2.49. The number of carbonyl (C=O) groups is 1. The van der Waals surface area contributed by atoms with Gasteiger partial charge in [-0.3, -0.25) is 4.79 Å². The van der Waals surface area contributed by atoms with Gasteiger partial charge in [0.1, 0.15) is 11.5 Å². The summed E-state index contributed by atoms with van der Waals surface area (Å²) in [6.45, 7) is 3.72. The zero-order valence-electron chi connectivity index (χ0n) is 13.1. The molecule has 0 unspecified atom stereocenters. The standard InChI is InChI=1S/C17H16Cl2N2O3/c1-10-3-11(2)5-14(4-10)24-9-16(22)21-20-8-12-6-13(18)7-15(19)17(12)23/h3-8,23H,9H2,1-2H3,(H,21,22). The molecule has 0 aliphatic rings. The van der Waals surface area contributed by atoms with E-state index in [4.69, 9.17) is 27.9 Å². The molecule has 24 heavy (non-hydrogen) atoms. The lowest BCUT2D eigenvalue weighted by Gasteiger charge is -2.07. The number of hydrazone groups is 1. The Bertz CT molecular complexity index is 771. The number of carbonyl (C=O) groups excluding carboxylic acids is 1. The first-order chi connectivity index (χ1) is 11.3. The highest BCUT2D eigenvalue weighted by molar-refractivity contribution is 6.36. The number of aryl methyl sites for hydroxylation is 2. The van der Waals surface area contributed by atoms with Crippen LogP contribution >= 0.6 is 23.2 Å². The summed E-state index contributed by atoms with van der Waals surface area (Å²) in [4.78, 5) is 11.7. The molecule has 7 heteroatoms. The van der Waals surface area contributed by atoms with Crippen LogP contribution in [0, 0.1) is 13.8 Å². The number of phenols is 1. The van der Waals surface area contributed by atoms with Crippen LogP contribution in [0.1, 0.15) is 16.7 Å². The molecule has 2 rings (SSSR count). The third-order valence-corrected chi connectivity index (χ3v) is 3.52. The molecule has 0 bridgehead atoms. The quantitative estimate of drug-likeness (QED) is 0.623. The van der Waals surface area contributed by atoms with Gasteiger partial charge in [-0.1, -0.05) is 29.3 Å². The molecule has 0 heterocycles. The van der Waals surface area contributed by atoms with Crippen molar-refractivity contribution in [3.63, 3.8) is 0 Å². The van der Waals surface area contributed by atoms with Crippen LogP contribution in [0.25, 0.3) is 0 Å². The van der Waals surface area contributed by atoms with Gasteiger partial charge in [0.25, 0.3) is 5.91 Å². The maximum Gasteiger partial charge on any atom is 0.277 e. The van der Waals surface area contributed by atoms with Crippen molar-refractivity contribution in [2.75, 3.05) is 6.61 Å². The molecule has 2 aromatic rings. The molecule has 0 spiro atoms. The Morgan fingerprint density at radius 1 is 1.21 bits per heavy atom. The highest BCUT2D eigenvalue weighted by Gasteiger charge is 2.06. The molecule has 0 saturated carbocycles. The lowest BCUT2D eigenvalue weighted by Crippen LogP contribution is -2.24. The van der Waals surface area contributed by atoms with E-state index >= 15 is 0 Å². The summed E-state index contributed by atoms with van der Waals surface area (Å²) in [5, 5.41) is 14.0. The van der Waals surface area contributed by atoms with E-state index in [0.29, 0.717) is 16.3 Å². The molecule has 126 valence electrons. The van der Waals surface area contributed by atoms with Crippen LogP contribution < -0.4 is 10.2 Å². The van der Waals surface area contributed by atoms with Gasteiger partial charge < -0.3 is 9.84 Å². The van der Waals surface area contributed by atoms with Crippen LogP contribution in [-0.2, 0) is 4.79 Å². The van der Waals surface area contributed by atoms with Crippen LogP contribution in [0.4, 0.5) is 0 Å². The van der Waals surface area contributed by atoms with Crippen molar-refractivity contribution in [3.05, 3.63) is 57.1 Å². The minimum absolute atomic E-state index is 0.105. The summed E-state index contributed by atoms with van der Waals surface area (Å²) in [5.74, 6) is 0.0227. The Labute approximate surface area is 149 Å². The smallest absolute Gasteiger partial charge is 0.277 e. The maximum atomic E-state index is 11.7. The minimum Gasteiger partial charge on any atom is -0.506 e. The first-order valence-corrected chi connectivity index (χ1v) is 7.82. The largest absolute Gasteiger partial charge is 0.506 e. The first kappa shape index (κ1) is 18.1. The van der Waals surface area contributed by atoms with Gasteiger partial charge in [-0.05, 0) is 49.2 Å². The molecule has 0 radical (unpaired) electrons. The van der Waals surface area contributed by atoms with Crippen LogP contribution in [-0.4, -0.2) is 23.8 Å². The second kappa shape index (κ2) is 8.04. The third-order valence-electron chi connectivity index (χ3n) is 3.02. The molecule has 2 N–H and O–H groups in total. The number of nitrogens with one attached hydrogen (secondary N) is 1. The second-order valence-corrected chi connectivity index (χ2v) is 6.07. The monoisotopic (exact) mass is 366 g/mol. The average molecular weight is 367 g/mol. The molecule has 0 atom stereocenters. The Hall–Kier alpha value is -2.24. The summed E-state index contributed by atoms with van der Waals surface area (Å²) >= 11 is 11.6. The summed E-state index contributed by atoms with van der Waals surface area (Å²) in [5.41, 5.74) is 4.70. The van der Waals surface area contributed by atoms with E-state index in [9.17, 15) is 9.90 Å². The summed E-state index contributed by atoms with van der Waals surface area (Å²) in [6.07, 6.45) is 1.25. The molecule has 2 aromatic carbocycles. The summed E-state index contributed by atoms with van der Waals surface area (Å²) < 4.78 is 5.42. The SMILES string of the molecule is Cc1cc(C)cc(OCC(=O)NN=Cc2cc(Cl)cc(Cl)c2O)c1. The Balaban J connectivity index is 1.91. The molecule has 5 nitrogen and oxygen atoms in total. The number of halogens is 2. The second-order valence-electron chi connectivity index (χ2n) is 5.23. The predicted octanol–water partition coefficient (Wildman–Crippen LogP) is 3.84. The number of phenolic OH excluding ortho intramolecular Hbond substituents is 1. The molecule has 0 aromatic heterocycles. The summed E-state index contributed by atoms with van der Waals surface area (Å²) in [7, 11) is 0. The van der Waals surface area contributed by atoms with E-state index in [1.165, 1.54) is 18.3 Å². The predicted molar refractivity (Wildman–Crippen MR) is 95.3 cm³/mol. The van der Waals surface area contributed by atoms with Crippen molar-refractivity contribution in [2.45, 2.75) is 13.8 Å². The molecular weight excluding hydrogens is 351 g/mol. The van der Waals surface area contributed by atoms with E-state index in [-0.39, 0.29) is 17.4 Å². The van der Waals surface area contributed by atoms with Crippen molar-refractivity contribution in [1.29, 1.82) is 0 Å². The van der Waals surface area contributed by atoms with E-state index in [1.807, 2.05) is 32.0 Å². The van der Waals surface area contributed by atoms with Gasteiger partial charge in [-0.25, -0.2) is 5.43 Å². The number of hydrogen-bond donors (Lipinski definition) is 2. The van der Waals surface area contributed by atoms with Gasteiger partial charge in [0, 0.05) is 10.6 Å². The highest BCUT2D eigenvalue weighted by atomic mass is 35.5. The third kappa shape index (κ3) is 5.15. The van der Waals surface area contributed by atoms with Crippen molar-refractivity contribution < 1.29 is 14.6 Å². The zero-order valence-corrected chi connectivity index (χ0v) is 14.6. The van der Waals surface area contributed by atoms with Gasteiger partial charge in [-0.2, -0.15) is 5.10 Å². The topological polar surface area (TPSA) is 70.9 Å². The van der Waals surface area contributed by atoms with Crippen LogP contribution in [0.2, 0.25) is 10.0 Å². The van der Waals surface area contributed by atoms with E-state index in [2.05, 4.69) is 10.5 Å². The minimum atomic E-state index is -0.432. The number of amides is 1. The lowest BCUT2D eigenvalue weighted by molar-refractivity contribution is -0.123. The van der Waals surface area contributed by atoms with Crippen molar-refractivity contribution in [2.24, 2.45) is 5.10 Å². The van der Waals surface area contributed by atoms with Gasteiger partial charge in [0.15, 0.2) is 6.61 Å². The molecule has 0 saturated heterocycles. The Morgan fingerprint density at radius 3 is 2.54 bits per heavy atom. The summed E-state index contributed by atoms with van der Waals surface area (Å²) in [6, 6.07) is 8.58. The molecule has 0 aliphatic carbocycles. The normalized spacial score (nSPS) is 10.8. The van der Waals surface area contributed by atoms with Gasteiger partial charge in [0.2, 0.25) is 0 Å². The Kier molecular flexibility index (Phi) is 6.06. The number of ether oxygens (including phenoxy) is 1. The van der Waals surface area contributed by atoms with Crippen LogP contribution in [0.3, 0.4) is 0 Å². The lowest BCUT2D eigenvalue weighted by atomic mass is 10.1. The first-order valence-electron chi connectivity index (χ1n) is 7.06. The number of benzene rings is 2. The highest BCUT2D eigenvalue weighted by Crippen LogP contribution is 2.29. The van der Waals surface area contributed by atoms with Crippen LogP contribution in [0.15, 0.2) is 35.4 Å². The molecular formula is C17H16Cl2N2O3. The number of nitrogens with zero attached hydrogens (tertiary/aromatic N) is 1. The zero-order chi connectivity index (χ0) is 17.7. The van der Waals surface area contributed by atoms with E-state index in [1.54, 1.807) is 0 Å². The van der Waals surface area contributed by atoms with Crippen molar-refractivity contribution >= 4 is 35.3 Å². The fraction of sp³-hybridized carbons (Fsp3) is 0.176. The number of hydrogen-bond acceptors (Lipinski definition) is 4. The molecule has 0 aliphatic heterocycles. The van der Waals surface area contributed by atoms with Crippen molar-refractivity contribution in [1.82, 2.24) is 5.43 Å². The maximum absolute atomic E-state index is 11.7. The Morgan fingerprint density at radius 2 is 1.88 bits per heavy atom. The molecule has 1 amide bonds. The van der Waals surface area contributed by atoms with Crippen LogP contribution in [0.5, 0.6) is 11.5 Å². The number of rotatable bonds is 5. The number of aromatic hydroxyl groups is 1. The van der Waals surface area contributed by atoms with E-state index in [0.717, 1.165) is 11.1 Å². The van der Waals surface area contributed by atoms with Gasteiger partial charge in [0.05, 0.1) is 11.2 Å². The van der Waals surface area contributed by atoms with Crippen molar-refractivity contribution in [3.8, 4) is 11.5 Å². The van der Waals surface area contributed by atoms with Gasteiger partial charge >= 0.3 is 0 Å². The fourth-order valence-corrected chi connectivity index (χ4v) is 2.56. The van der Waals surface area contributed by atoms with Gasteiger partial charge in [-0.15, -0.1) is 0 Å². The molecule has 0 fully saturated rings. The fourth-order valence-electron chi connectivity index (χ4n) is 2.06. The van der Waals surface area contributed by atoms with E-state index < -0.39 is 5.91 Å².